The van der Waals surface area contributed by atoms with Gasteiger partial charge in [-0.3, -0.25) is 0 Å². The zero-order valence-electron chi connectivity index (χ0n) is 7.84. The summed E-state index contributed by atoms with van der Waals surface area (Å²) in [7, 11) is 0. The molecule has 1 aliphatic rings. The highest BCUT2D eigenvalue weighted by molar-refractivity contribution is 5.43. The van der Waals surface area contributed by atoms with E-state index < -0.39 is 0 Å². The van der Waals surface area contributed by atoms with Gasteiger partial charge in [-0.25, -0.2) is 0 Å². The van der Waals surface area contributed by atoms with Gasteiger partial charge in [0, 0.05) is 12.0 Å². The van der Waals surface area contributed by atoms with E-state index in [1.54, 1.807) is 0 Å². The summed E-state index contributed by atoms with van der Waals surface area (Å²) in [6, 6.07) is 7.16. The second-order valence-electron chi connectivity index (χ2n) is 3.42. The minimum Gasteiger partial charge on any atom is -0.490 e. The first-order chi connectivity index (χ1) is 6.31. The van der Waals surface area contributed by atoms with Crippen LogP contribution >= 0.6 is 0 Å². The molecule has 1 nitrogen and oxygen atoms in total. The lowest BCUT2D eigenvalue weighted by atomic mass is 10.0. The molecule has 0 spiro atoms. The summed E-state index contributed by atoms with van der Waals surface area (Å²) in [4.78, 5) is 0. The van der Waals surface area contributed by atoms with Gasteiger partial charge in [-0.05, 0) is 31.0 Å². The predicted molar refractivity (Wildman–Crippen MR) is 53.0 cm³/mol. The van der Waals surface area contributed by atoms with Crippen LogP contribution in [0.25, 0.3) is 0 Å². The standard InChI is InChI=1S/C12H13O/c1-3-5-10-6-4-7-12-11(10)8-9(2)13-12/h3-4,7,9H,1,5,8H2,2H3. The predicted octanol–water partition coefficient (Wildman–Crippen LogP) is 2.54. The average molecular weight is 173 g/mol. The fourth-order valence-electron chi connectivity index (χ4n) is 1.76. The van der Waals surface area contributed by atoms with Gasteiger partial charge in [-0.2, -0.15) is 0 Å². The molecular weight excluding hydrogens is 160 g/mol. The number of benzene rings is 1. The summed E-state index contributed by atoms with van der Waals surface area (Å²) < 4.78 is 5.64. The van der Waals surface area contributed by atoms with Crippen LogP contribution in [-0.2, 0) is 12.8 Å². The monoisotopic (exact) mass is 173 g/mol. The molecule has 1 aliphatic heterocycles. The lowest BCUT2D eigenvalue weighted by molar-refractivity contribution is 0.254. The minimum atomic E-state index is 0.314. The Bertz CT molecular complexity index is 328. The lowest BCUT2D eigenvalue weighted by Gasteiger charge is -2.02. The Morgan fingerprint density at radius 2 is 2.62 bits per heavy atom. The third-order valence-corrected chi connectivity index (χ3v) is 2.32. The van der Waals surface area contributed by atoms with E-state index >= 15 is 0 Å². The molecule has 0 fully saturated rings. The molecule has 67 valence electrons. The van der Waals surface area contributed by atoms with Crippen molar-refractivity contribution in [2.24, 2.45) is 0 Å². The van der Waals surface area contributed by atoms with Crippen LogP contribution < -0.4 is 4.74 Å². The van der Waals surface area contributed by atoms with Gasteiger partial charge in [0.15, 0.2) is 0 Å². The molecule has 0 aliphatic carbocycles. The van der Waals surface area contributed by atoms with Crippen molar-refractivity contribution in [3.63, 3.8) is 0 Å². The summed E-state index contributed by atoms with van der Waals surface area (Å²) >= 11 is 0. The zero-order chi connectivity index (χ0) is 9.26. The number of hydrogen-bond acceptors (Lipinski definition) is 1. The fourth-order valence-corrected chi connectivity index (χ4v) is 1.76. The molecule has 13 heavy (non-hydrogen) atoms. The van der Waals surface area contributed by atoms with E-state index in [4.69, 9.17) is 4.74 Å². The van der Waals surface area contributed by atoms with Crippen molar-refractivity contribution in [2.75, 3.05) is 0 Å². The molecule has 0 amide bonds. The molecule has 1 atom stereocenters. The van der Waals surface area contributed by atoms with E-state index in [-0.39, 0.29) is 0 Å². The Hall–Kier alpha value is -1.24. The van der Waals surface area contributed by atoms with Crippen LogP contribution in [0.15, 0.2) is 24.8 Å². The van der Waals surface area contributed by atoms with Crippen molar-refractivity contribution in [1.82, 2.24) is 0 Å². The zero-order valence-corrected chi connectivity index (χ0v) is 7.84. The topological polar surface area (TPSA) is 9.23 Å². The number of hydrogen-bond donors (Lipinski definition) is 0. The smallest absolute Gasteiger partial charge is 0.123 e. The summed E-state index contributed by atoms with van der Waals surface area (Å²) in [5.74, 6) is 1.03. The van der Waals surface area contributed by atoms with Gasteiger partial charge >= 0.3 is 0 Å². The molecule has 1 unspecified atom stereocenters. The molecule has 2 rings (SSSR count). The first kappa shape index (κ1) is 8.36. The van der Waals surface area contributed by atoms with Crippen LogP contribution in [0.2, 0.25) is 0 Å². The van der Waals surface area contributed by atoms with Crippen LogP contribution in [0, 0.1) is 6.07 Å². The van der Waals surface area contributed by atoms with Gasteiger partial charge < -0.3 is 4.74 Å². The molecule has 0 aromatic heterocycles. The number of rotatable bonds is 2. The van der Waals surface area contributed by atoms with E-state index in [0.29, 0.717) is 6.10 Å². The van der Waals surface area contributed by atoms with Gasteiger partial charge in [0.05, 0.1) is 0 Å². The maximum Gasteiger partial charge on any atom is 0.123 e. The van der Waals surface area contributed by atoms with Crippen LogP contribution in [-0.4, -0.2) is 6.10 Å². The summed E-state index contributed by atoms with van der Waals surface area (Å²) in [6.45, 7) is 5.83. The SMILES string of the molecule is C=CCc1[c]ccc2c1CC(C)O2. The van der Waals surface area contributed by atoms with E-state index in [9.17, 15) is 0 Å². The van der Waals surface area contributed by atoms with E-state index in [1.165, 1.54) is 11.1 Å². The molecule has 1 aromatic rings. The van der Waals surface area contributed by atoms with Crippen molar-refractivity contribution < 1.29 is 4.74 Å². The normalized spacial score (nSPS) is 19.3. The van der Waals surface area contributed by atoms with Crippen molar-refractivity contribution in [1.29, 1.82) is 0 Å². The van der Waals surface area contributed by atoms with Gasteiger partial charge in [0.25, 0.3) is 0 Å². The molecule has 0 N–H and O–H groups in total. The Kier molecular flexibility index (Phi) is 2.09. The number of fused-ring (bicyclic) bond motifs is 1. The highest BCUT2D eigenvalue weighted by Crippen LogP contribution is 2.31. The van der Waals surface area contributed by atoms with Crippen LogP contribution in [0.1, 0.15) is 18.1 Å². The fraction of sp³-hybridized carbons (Fsp3) is 0.333. The molecule has 1 heteroatoms. The van der Waals surface area contributed by atoms with Crippen molar-refractivity contribution >= 4 is 0 Å². The van der Waals surface area contributed by atoms with Crippen LogP contribution in [0.4, 0.5) is 0 Å². The van der Waals surface area contributed by atoms with E-state index in [2.05, 4.69) is 19.6 Å². The second-order valence-corrected chi connectivity index (χ2v) is 3.42. The third-order valence-electron chi connectivity index (χ3n) is 2.32. The summed E-state index contributed by atoms with van der Waals surface area (Å²) in [6.07, 6.45) is 4.12. The molecule has 1 aromatic carbocycles. The average Bonchev–Trinajstić information content (AvgIpc) is 2.47. The van der Waals surface area contributed by atoms with Crippen molar-refractivity contribution in [2.45, 2.75) is 25.9 Å². The van der Waals surface area contributed by atoms with Crippen molar-refractivity contribution in [3.05, 3.63) is 42.0 Å². The molecule has 0 saturated heterocycles. The highest BCUT2D eigenvalue weighted by Gasteiger charge is 2.20. The van der Waals surface area contributed by atoms with Crippen molar-refractivity contribution in [3.8, 4) is 5.75 Å². The Morgan fingerprint density at radius 1 is 1.77 bits per heavy atom. The highest BCUT2D eigenvalue weighted by atomic mass is 16.5. The first-order valence-electron chi connectivity index (χ1n) is 4.61. The third kappa shape index (κ3) is 1.46. The largest absolute Gasteiger partial charge is 0.490 e. The first-order valence-corrected chi connectivity index (χ1v) is 4.61. The molecule has 1 heterocycles. The van der Waals surface area contributed by atoms with Crippen LogP contribution in [0.3, 0.4) is 0 Å². The van der Waals surface area contributed by atoms with Gasteiger partial charge in [-0.15, -0.1) is 6.58 Å². The van der Waals surface area contributed by atoms with E-state index in [1.807, 2.05) is 18.2 Å². The molecule has 0 bridgehead atoms. The molecular formula is C12H13O. The Labute approximate surface area is 79.0 Å². The maximum atomic E-state index is 5.64. The van der Waals surface area contributed by atoms with Gasteiger partial charge in [0.1, 0.15) is 11.9 Å². The molecule has 1 radical (unpaired) electrons. The number of ether oxygens (including phenoxy) is 1. The number of allylic oxidation sites excluding steroid dienone is 1. The Balaban J connectivity index is 2.39. The summed E-state index contributed by atoms with van der Waals surface area (Å²) in [5.41, 5.74) is 2.55. The minimum absolute atomic E-state index is 0.314. The lowest BCUT2D eigenvalue weighted by Crippen LogP contribution is -2.05. The van der Waals surface area contributed by atoms with Gasteiger partial charge in [0.2, 0.25) is 0 Å². The maximum absolute atomic E-state index is 5.64. The second kappa shape index (κ2) is 3.25. The van der Waals surface area contributed by atoms with E-state index in [0.717, 1.165) is 18.6 Å². The summed E-state index contributed by atoms with van der Waals surface area (Å²) in [5, 5.41) is 0. The van der Waals surface area contributed by atoms with Crippen LogP contribution in [0.5, 0.6) is 5.75 Å². The van der Waals surface area contributed by atoms with Gasteiger partial charge in [-0.1, -0.05) is 12.1 Å². The quantitative estimate of drug-likeness (QED) is 0.624. The Morgan fingerprint density at radius 3 is 3.38 bits per heavy atom. The molecule has 0 saturated carbocycles.